The summed E-state index contributed by atoms with van der Waals surface area (Å²) in [7, 11) is 0. The number of hydrogen-bond acceptors (Lipinski definition) is 4. The molecule has 1 amide bonds. The molecule has 0 aliphatic carbocycles. The van der Waals surface area contributed by atoms with Crippen molar-refractivity contribution in [1.82, 2.24) is 15.5 Å². The second-order valence-electron chi connectivity index (χ2n) is 5.26. The molecule has 21 heavy (non-hydrogen) atoms. The Hall–Kier alpha value is -2.17. The van der Waals surface area contributed by atoms with Crippen molar-refractivity contribution in [2.24, 2.45) is 0 Å². The molecule has 2 rings (SSSR count). The van der Waals surface area contributed by atoms with Crippen LogP contribution in [0.3, 0.4) is 0 Å². The third-order valence-corrected chi connectivity index (χ3v) is 3.33. The van der Waals surface area contributed by atoms with Crippen LogP contribution in [0.15, 0.2) is 28.8 Å². The minimum absolute atomic E-state index is 0.0136. The molecular weight excluding hydrogens is 266 g/mol. The van der Waals surface area contributed by atoms with Crippen LogP contribution in [0.4, 0.5) is 0 Å². The zero-order valence-electron chi connectivity index (χ0n) is 12.7. The van der Waals surface area contributed by atoms with E-state index in [4.69, 9.17) is 4.52 Å². The summed E-state index contributed by atoms with van der Waals surface area (Å²) in [6, 6.07) is 8.12. The molecular formula is C16H21N3O2. The van der Waals surface area contributed by atoms with Crippen molar-refractivity contribution in [2.75, 3.05) is 0 Å². The van der Waals surface area contributed by atoms with Gasteiger partial charge in [0, 0.05) is 24.4 Å². The first-order chi connectivity index (χ1) is 10.1. The molecule has 1 aromatic heterocycles. The quantitative estimate of drug-likeness (QED) is 0.887. The first-order valence-electron chi connectivity index (χ1n) is 7.27. The van der Waals surface area contributed by atoms with E-state index in [-0.39, 0.29) is 11.9 Å². The van der Waals surface area contributed by atoms with Crippen molar-refractivity contribution in [3.05, 3.63) is 35.7 Å². The molecule has 0 fully saturated rings. The summed E-state index contributed by atoms with van der Waals surface area (Å²) in [6.45, 7) is 6.04. The van der Waals surface area contributed by atoms with Crippen molar-refractivity contribution >= 4 is 5.91 Å². The lowest BCUT2D eigenvalue weighted by atomic mass is 10.1. The average Bonchev–Trinajstić information content (AvgIpc) is 2.94. The minimum Gasteiger partial charge on any atom is -0.354 e. The molecule has 112 valence electrons. The van der Waals surface area contributed by atoms with Crippen LogP contribution in [0, 0.1) is 6.92 Å². The number of rotatable bonds is 6. The molecule has 1 unspecified atom stereocenters. The lowest BCUT2D eigenvalue weighted by Gasteiger charge is -2.10. The predicted octanol–water partition coefficient (Wildman–Crippen LogP) is 2.89. The fraction of sp³-hybridized carbons (Fsp3) is 0.438. The summed E-state index contributed by atoms with van der Waals surface area (Å²) in [5.74, 6) is 1.07. The van der Waals surface area contributed by atoms with Gasteiger partial charge in [-0.05, 0) is 26.3 Å². The normalized spacial score (nSPS) is 12.1. The molecule has 0 bridgehead atoms. The van der Waals surface area contributed by atoms with Gasteiger partial charge in [0.2, 0.25) is 17.6 Å². The van der Waals surface area contributed by atoms with E-state index in [0.717, 1.165) is 17.5 Å². The lowest BCUT2D eigenvalue weighted by molar-refractivity contribution is -0.121. The van der Waals surface area contributed by atoms with Gasteiger partial charge in [0.05, 0.1) is 0 Å². The van der Waals surface area contributed by atoms with Crippen molar-refractivity contribution in [2.45, 2.75) is 46.1 Å². The van der Waals surface area contributed by atoms with Crippen molar-refractivity contribution < 1.29 is 9.32 Å². The predicted molar refractivity (Wildman–Crippen MR) is 80.7 cm³/mol. The Morgan fingerprint density at radius 2 is 2.24 bits per heavy atom. The van der Waals surface area contributed by atoms with E-state index >= 15 is 0 Å². The number of carbonyl (C=O) groups is 1. The SMILES string of the molecule is CCC(C)NC(=O)CCc1nc(-c2cccc(C)c2)no1. The van der Waals surface area contributed by atoms with E-state index in [0.29, 0.717) is 24.6 Å². The molecule has 1 aromatic carbocycles. The zero-order valence-corrected chi connectivity index (χ0v) is 12.7. The molecule has 1 N–H and O–H groups in total. The van der Waals surface area contributed by atoms with Gasteiger partial charge in [-0.1, -0.05) is 35.8 Å². The number of nitrogens with zero attached hydrogens (tertiary/aromatic N) is 2. The van der Waals surface area contributed by atoms with Crippen LogP contribution in [-0.2, 0) is 11.2 Å². The molecule has 1 heterocycles. The molecule has 0 aliphatic heterocycles. The second-order valence-corrected chi connectivity index (χ2v) is 5.26. The highest BCUT2D eigenvalue weighted by molar-refractivity contribution is 5.76. The number of benzene rings is 1. The number of nitrogens with one attached hydrogen (secondary N) is 1. The van der Waals surface area contributed by atoms with E-state index in [1.165, 1.54) is 0 Å². The molecule has 0 spiro atoms. The zero-order chi connectivity index (χ0) is 15.2. The first-order valence-corrected chi connectivity index (χ1v) is 7.27. The van der Waals surface area contributed by atoms with Crippen LogP contribution in [-0.4, -0.2) is 22.1 Å². The molecule has 0 saturated heterocycles. The van der Waals surface area contributed by atoms with E-state index in [1.807, 2.05) is 45.0 Å². The Bertz CT molecular complexity index is 607. The van der Waals surface area contributed by atoms with Gasteiger partial charge in [0.1, 0.15) is 0 Å². The van der Waals surface area contributed by atoms with Gasteiger partial charge in [-0.2, -0.15) is 4.98 Å². The Morgan fingerprint density at radius 3 is 2.95 bits per heavy atom. The fourth-order valence-electron chi connectivity index (χ4n) is 1.93. The summed E-state index contributed by atoms with van der Waals surface area (Å²) >= 11 is 0. The van der Waals surface area contributed by atoms with E-state index in [9.17, 15) is 4.79 Å². The van der Waals surface area contributed by atoms with Crippen molar-refractivity contribution in [3.8, 4) is 11.4 Å². The van der Waals surface area contributed by atoms with Crippen LogP contribution in [0.1, 0.15) is 38.1 Å². The highest BCUT2D eigenvalue weighted by atomic mass is 16.5. The van der Waals surface area contributed by atoms with Gasteiger partial charge in [-0.25, -0.2) is 0 Å². The van der Waals surface area contributed by atoms with Crippen LogP contribution >= 0.6 is 0 Å². The fourth-order valence-corrected chi connectivity index (χ4v) is 1.93. The number of aryl methyl sites for hydroxylation is 2. The van der Waals surface area contributed by atoms with E-state index in [2.05, 4.69) is 15.5 Å². The largest absolute Gasteiger partial charge is 0.354 e. The maximum absolute atomic E-state index is 11.7. The maximum Gasteiger partial charge on any atom is 0.227 e. The molecule has 0 radical (unpaired) electrons. The van der Waals surface area contributed by atoms with Gasteiger partial charge in [0.25, 0.3) is 0 Å². The lowest BCUT2D eigenvalue weighted by Crippen LogP contribution is -2.32. The second kappa shape index (κ2) is 7.02. The third kappa shape index (κ3) is 4.41. The Morgan fingerprint density at radius 1 is 1.43 bits per heavy atom. The average molecular weight is 287 g/mol. The van der Waals surface area contributed by atoms with Gasteiger partial charge >= 0.3 is 0 Å². The van der Waals surface area contributed by atoms with Crippen LogP contribution < -0.4 is 5.32 Å². The smallest absolute Gasteiger partial charge is 0.227 e. The topological polar surface area (TPSA) is 68.0 Å². The van der Waals surface area contributed by atoms with Gasteiger partial charge in [0.15, 0.2) is 0 Å². The summed E-state index contributed by atoms with van der Waals surface area (Å²) < 4.78 is 5.20. The monoisotopic (exact) mass is 287 g/mol. The summed E-state index contributed by atoms with van der Waals surface area (Å²) in [4.78, 5) is 16.0. The van der Waals surface area contributed by atoms with Gasteiger partial charge < -0.3 is 9.84 Å². The summed E-state index contributed by atoms with van der Waals surface area (Å²) in [6.07, 6.45) is 1.74. The molecule has 5 nitrogen and oxygen atoms in total. The van der Waals surface area contributed by atoms with Crippen molar-refractivity contribution in [3.63, 3.8) is 0 Å². The van der Waals surface area contributed by atoms with Gasteiger partial charge in [-0.3, -0.25) is 4.79 Å². The van der Waals surface area contributed by atoms with Crippen LogP contribution in [0.2, 0.25) is 0 Å². The van der Waals surface area contributed by atoms with Crippen LogP contribution in [0.25, 0.3) is 11.4 Å². The van der Waals surface area contributed by atoms with Crippen molar-refractivity contribution in [1.29, 1.82) is 0 Å². The Labute approximate surface area is 124 Å². The molecule has 0 saturated carbocycles. The highest BCUT2D eigenvalue weighted by Gasteiger charge is 2.11. The molecule has 2 aromatic rings. The number of hydrogen-bond donors (Lipinski definition) is 1. The molecule has 5 heteroatoms. The standard InChI is InChI=1S/C16H21N3O2/c1-4-12(3)17-14(20)8-9-15-18-16(19-21-15)13-7-5-6-11(2)10-13/h5-7,10,12H,4,8-9H2,1-3H3,(H,17,20). The Balaban J connectivity index is 1.93. The maximum atomic E-state index is 11.7. The molecule has 0 aliphatic rings. The minimum atomic E-state index is 0.0136. The number of amides is 1. The van der Waals surface area contributed by atoms with E-state index < -0.39 is 0 Å². The number of aromatic nitrogens is 2. The summed E-state index contributed by atoms with van der Waals surface area (Å²) in [5.41, 5.74) is 2.07. The van der Waals surface area contributed by atoms with E-state index in [1.54, 1.807) is 0 Å². The molecule has 1 atom stereocenters. The Kier molecular flexibility index (Phi) is 5.09. The highest BCUT2D eigenvalue weighted by Crippen LogP contribution is 2.17. The third-order valence-electron chi connectivity index (χ3n) is 3.33. The number of carbonyl (C=O) groups excluding carboxylic acids is 1. The first kappa shape index (κ1) is 15.2. The summed E-state index contributed by atoms with van der Waals surface area (Å²) in [5, 5.41) is 6.88. The van der Waals surface area contributed by atoms with Gasteiger partial charge in [-0.15, -0.1) is 0 Å². The van der Waals surface area contributed by atoms with Crippen LogP contribution in [0.5, 0.6) is 0 Å².